The van der Waals surface area contributed by atoms with E-state index in [0.29, 0.717) is 19.0 Å². The number of ether oxygens (including phenoxy) is 1. The average Bonchev–Trinajstić information content (AvgIpc) is 3.12. The number of aromatic nitrogens is 3. The van der Waals surface area contributed by atoms with E-state index >= 15 is 0 Å². The second-order valence-corrected chi connectivity index (χ2v) is 7.22. The van der Waals surface area contributed by atoms with Crippen LogP contribution in [0.25, 0.3) is 0 Å². The third-order valence-corrected chi connectivity index (χ3v) is 4.38. The minimum absolute atomic E-state index is 0. The number of hydrogen-bond donors (Lipinski definition) is 2. The van der Waals surface area contributed by atoms with Crippen molar-refractivity contribution in [2.45, 2.75) is 60.7 Å². The molecule has 0 fully saturated rings. The van der Waals surface area contributed by atoms with E-state index in [1.165, 1.54) is 5.56 Å². The molecule has 0 aliphatic carbocycles. The predicted octanol–water partition coefficient (Wildman–Crippen LogP) is 3.90. The molecule has 2 rings (SSSR count). The number of benzene rings is 1. The van der Waals surface area contributed by atoms with E-state index in [9.17, 15) is 0 Å². The molecule has 0 aliphatic heterocycles. The molecule has 1 aromatic carbocycles. The number of aryl methyl sites for hydroxylation is 2. The monoisotopic (exact) mass is 514 g/mol. The maximum atomic E-state index is 6.04. The molecule has 0 saturated heterocycles. The molecule has 1 aromatic heterocycles. The van der Waals surface area contributed by atoms with Gasteiger partial charge in [-0.1, -0.05) is 26.0 Å². The van der Waals surface area contributed by atoms with Crippen LogP contribution in [-0.2, 0) is 19.6 Å². The quantitative estimate of drug-likeness (QED) is 0.286. The Labute approximate surface area is 191 Å². The highest BCUT2D eigenvalue weighted by molar-refractivity contribution is 14.0. The lowest BCUT2D eigenvalue weighted by Gasteiger charge is -2.14. The highest BCUT2D eigenvalue weighted by Gasteiger charge is 2.07. The van der Waals surface area contributed by atoms with Crippen LogP contribution >= 0.6 is 24.0 Å². The first kappa shape index (κ1) is 25.2. The van der Waals surface area contributed by atoms with Crippen molar-refractivity contribution in [2.75, 3.05) is 13.2 Å². The van der Waals surface area contributed by atoms with Crippen molar-refractivity contribution < 1.29 is 4.74 Å². The summed E-state index contributed by atoms with van der Waals surface area (Å²) in [6, 6.07) is 6.29. The molecule has 29 heavy (non-hydrogen) atoms. The zero-order valence-electron chi connectivity index (χ0n) is 18.2. The molecule has 1 heterocycles. The van der Waals surface area contributed by atoms with Crippen LogP contribution in [0, 0.1) is 12.8 Å². The Balaban J connectivity index is 0.00000420. The number of aliphatic imine (C=N–C) groups is 1. The van der Waals surface area contributed by atoms with Gasteiger partial charge in [-0.15, -0.1) is 34.2 Å². The molecule has 0 radical (unpaired) electrons. The van der Waals surface area contributed by atoms with E-state index in [1.807, 2.05) is 4.57 Å². The van der Waals surface area contributed by atoms with Gasteiger partial charge in [0.25, 0.3) is 0 Å². The van der Waals surface area contributed by atoms with Gasteiger partial charge in [0.15, 0.2) is 11.8 Å². The Morgan fingerprint density at radius 2 is 2.03 bits per heavy atom. The molecule has 2 aromatic rings. The van der Waals surface area contributed by atoms with Gasteiger partial charge in [0.05, 0.1) is 19.7 Å². The van der Waals surface area contributed by atoms with Crippen molar-refractivity contribution in [1.82, 2.24) is 25.4 Å². The minimum Gasteiger partial charge on any atom is -0.493 e. The first-order valence-electron chi connectivity index (χ1n) is 10.1. The fourth-order valence-corrected chi connectivity index (χ4v) is 2.68. The van der Waals surface area contributed by atoms with E-state index in [-0.39, 0.29) is 24.0 Å². The molecular weight excluding hydrogens is 479 g/mol. The van der Waals surface area contributed by atoms with Crippen LogP contribution in [0.4, 0.5) is 0 Å². The Bertz CT molecular complexity index is 759. The lowest BCUT2D eigenvalue weighted by molar-refractivity contribution is 0.287. The smallest absolute Gasteiger partial charge is 0.191 e. The maximum absolute atomic E-state index is 6.04. The SMILES string of the molecule is CCNC(=NCc1ccc(C)cc1OCCC(C)C)NCc1nncn1CC.I. The third-order valence-electron chi connectivity index (χ3n) is 4.38. The highest BCUT2D eigenvalue weighted by atomic mass is 127. The molecule has 2 N–H and O–H groups in total. The largest absolute Gasteiger partial charge is 0.493 e. The molecule has 7 nitrogen and oxygen atoms in total. The number of halogens is 1. The van der Waals surface area contributed by atoms with E-state index < -0.39 is 0 Å². The summed E-state index contributed by atoms with van der Waals surface area (Å²) in [4.78, 5) is 4.73. The normalized spacial score (nSPS) is 11.3. The van der Waals surface area contributed by atoms with E-state index in [0.717, 1.165) is 49.2 Å². The van der Waals surface area contributed by atoms with E-state index in [2.05, 4.69) is 73.6 Å². The van der Waals surface area contributed by atoms with Crippen molar-refractivity contribution in [1.29, 1.82) is 0 Å². The van der Waals surface area contributed by atoms with Crippen LogP contribution in [0.2, 0.25) is 0 Å². The van der Waals surface area contributed by atoms with Gasteiger partial charge in [0, 0.05) is 18.7 Å². The Morgan fingerprint density at radius 1 is 1.24 bits per heavy atom. The van der Waals surface area contributed by atoms with Gasteiger partial charge in [-0.05, 0) is 44.7 Å². The topological polar surface area (TPSA) is 76.4 Å². The summed E-state index contributed by atoms with van der Waals surface area (Å²) in [6.45, 7) is 14.1. The van der Waals surface area contributed by atoms with Gasteiger partial charge in [0.2, 0.25) is 0 Å². The molecule has 0 amide bonds. The highest BCUT2D eigenvalue weighted by Crippen LogP contribution is 2.22. The lowest BCUT2D eigenvalue weighted by atomic mass is 10.1. The van der Waals surface area contributed by atoms with Gasteiger partial charge in [-0.2, -0.15) is 0 Å². The second-order valence-electron chi connectivity index (χ2n) is 7.22. The molecule has 0 bridgehead atoms. The molecule has 0 atom stereocenters. The number of hydrogen-bond acceptors (Lipinski definition) is 4. The van der Waals surface area contributed by atoms with Gasteiger partial charge < -0.3 is 19.9 Å². The first-order valence-corrected chi connectivity index (χ1v) is 10.1. The van der Waals surface area contributed by atoms with Crippen LogP contribution in [0.15, 0.2) is 29.5 Å². The van der Waals surface area contributed by atoms with Crippen LogP contribution in [0.1, 0.15) is 51.1 Å². The van der Waals surface area contributed by atoms with Crippen molar-refractivity contribution >= 4 is 29.9 Å². The Hall–Kier alpha value is -1.84. The minimum atomic E-state index is 0. The molecule has 0 unspecified atom stereocenters. The predicted molar refractivity (Wildman–Crippen MR) is 129 cm³/mol. The Kier molecular flexibility index (Phi) is 11.6. The fraction of sp³-hybridized carbons (Fsp3) is 0.571. The average molecular weight is 514 g/mol. The van der Waals surface area contributed by atoms with Gasteiger partial charge >= 0.3 is 0 Å². The van der Waals surface area contributed by atoms with E-state index in [1.54, 1.807) is 6.33 Å². The number of nitrogens with zero attached hydrogens (tertiary/aromatic N) is 4. The summed E-state index contributed by atoms with van der Waals surface area (Å²) in [5.41, 5.74) is 2.28. The zero-order chi connectivity index (χ0) is 20.4. The van der Waals surface area contributed by atoms with Gasteiger partial charge in [-0.25, -0.2) is 4.99 Å². The molecule has 8 heteroatoms. The van der Waals surface area contributed by atoms with Crippen molar-refractivity contribution in [3.8, 4) is 5.75 Å². The van der Waals surface area contributed by atoms with Gasteiger partial charge in [-0.3, -0.25) is 0 Å². The number of nitrogens with one attached hydrogen (secondary N) is 2. The number of guanidine groups is 1. The maximum Gasteiger partial charge on any atom is 0.191 e. The standard InChI is InChI=1S/C21H34N6O.HI/c1-6-22-21(24-14-20-26-25-15-27(20)7-2)23-13-18-9-8-17(5)12-19(18)28-11-10-16(3)4;/h8-9,12,15-16H,6-7,10-11,13-14H2,1-5H3,(H2,22,23,24);1H. The summed E-state index contributed by atoms with van der Waals surface area (Å²) in [5.74, 6) is 3.19. The molecule has 162 valence electrons. The van der Waals surface area contributed by atoms with Gasteiger partial charge in [0.1, 0.15) is 12.1 Å². The van der Waals surface area contributed by atoms with Crippen molar-refractivity contribution in [2.24, 2.45) is 10.9 Å². The third kappa shape index (κ3) is 8.59. The van der Waals surface area contributed by atoms with Crippen molar-refractivity contribution in [3.05, 3.63) is 41.5 Å². The second kappa shape index (κ2) is 13.4. The zero-order valence-corrected chi connectivity index (χ0v) is 20.6. The van der Waals surface area contributed by atoms with Crippen molar-refractivity contribution in [3.63, 3.8) is 0 Å². The molecular formula is C21H35IN6O. The summed E-state index contributed by atoms with van der Waals surface area (Å²) >= 11 is 0. The summed E-state index contributed by atoms with van der Waals surface area (Å²) < 4.78 is 8.05. The molecule has 0 spiro atoms. The summed E-state index contributed by atoms with van der Waals surface area (Å²) in [5, 5.41) is 14.7. The van der Waals surface area contributed by atoms with E-state index in [4.69, 9.17) is 9.73 Å². The molecule has 0 aliphatic rings. The number of rotatable bonds is 10. The fourth-order valence-electron chi connectivity index (χ4n) is 2.68. The lowest BCUT2D eigenvalue weighted by Crippen LogP contribution is -2.37. The van der Waals surface area contributed by atoms with Crippen LogP contribution in [-0.4, -0.2) is 33.9 Å². The summed E-state index contributed by atoms with van der Waals surface area (Å²) in [6.07, 6.45) is 2.78. The first-order chi connectivity index (χ1) is 13.5. The van der Waals surface area contributed by atoms with Crippen LogP contribution < -0.4 is 15.4 Å². The Morgan fingerprint density at radius 3 is 2.72 bits per heavy atom. The van der Waals surface area contributed by atoms with Crippen LogP contribution in [0.3, 0.4) is 0 Å². The molecule has 0 saturated carbocycles. The van der Waals surface area contributed by atoms with Crippen LogP contribution in [0.5, 0.6) is 5.75 Å². The summed E-state index contributed by atoms with van der Waals surface area (Å²) in [7, 11) is 0.